The maximum absolute atomic E-state index is 12.5. The number of carbonyl (C=O) groups is 2. The summed E-state index contributed by atoms with van der Waals surface area (Å²) in [6.07, 6.45) is 12.7. The van der Waals surface area contributed by atoms with Crippen LogP contribution in [0.1, 0.15) is 77.6 Å². The SMILES string of the molecule is CC1NC(=O)NC1CCCCCC(=O)NC12CC3CC(CC(C3)C1)C2. The molecule has 5 heteroatoms. The number of hydrogen-bond acceptors (Lipinski definition) is 2. The van der Waals surface area contributed by atoms with Gasteiger partial charge in [-0.1, -0.05) is 12.8 Å². The van der Waals surface area contributed by atoms with E-state index in [0.29, 0.717) is 6.42 Å². The Hall–Kier alpha value is -1.26. The van der Waals surface area contributed by atoms with Gasteiger partial charge < -0.3 is 16.0 Å². The summed E-state index contributed by atoms with van der Waals surface area (Å²) in [5.41, 5.74) is 0.154. The van der Waals surface area contributed by atoms with Crippen LogP contribution in [0.15, 0.2) is 0 Å². The third-order valence-corrected chi connectivity index (χ3v) is 7.14. The summed E-state index contributed by atoms with van der Waals surface area (Å²) in [7, 11) is 0. The highest BCUT2D eigenvalue weighted by Crippen LogP contribution is 2.55. The average Bonchev–Trinajstić information content (AvgIpc) is 2.82. The first-order valence-electron chi connectivity index (χ1n) is 10.4. The first-order chi connectivity index (χ1) is 12.0. The third-order valence-electron chi connectivity index (χ3n) is 7.14. The van der Waals surface area contributed by atoms with E-state index >= 15 is 0 Å². The smallest absolute Gasteiger partial charge is 0.315 e. The minimum Gasteiger partial charge on any atom is -0.351 e. The normalized spacial score (nSPS) is 41.5. The van der Waals surface area contributed by atoms with Crippen molar-refractivity contribution in [3.8, 4) is 0 Å². The zero-order valence-electron chi connectivity index (χ0n) is 15.5. The summed E-state index contributed by atoms with van der Waals surface area (Å²) in [5.74, 6) is 2.91. The highest BCUT2D eigenvalue weighted by atomic mass is 16.2. The molecular formula is C20H33N3O2. The summed E-state index contributed by atoms with van der Waals surface area (Å²) in [4.78, 5) is 23.7. The van der Waals surface area contributed by atoms with Crippen molar-refractivity contribution >= 4 is 11.9 Å². The Kier molecular flexibility index (Phi) is 4.67. The van der Waals surface area contributed by atoms with Crippen LogP contribution >= 0.6 is 0 Å². The molecule has 1 aliphatic heterocycles. The Morgan fingerprint density at radius 2 is 1.68 bits per heavy atom. The van der Waals surface area contributed by atoms with Crippen molar-refractivity contribution in [1.82, 2.24) is 16.0 Å². The molecule has 2 unspecified atom stereocenters. The zero-order chi connectivity index (χ0) is 17.4. The Bertz CT molecular complexity index is 498. The van der Waals surface area contributed by atoms with Crippen LogP contribution < -0.4 is 16.0 Å². The molecular weight excluding hydrogens is 314 g/mol. The number of amides is 3. The predicted octanol–water partition coefficient (Wildman–Crippen LogP) is 3.09. The van der Waals surface area contributed by atoms with Crippen LogP contribution in [0.4, 0.5) is 4.79 Å². The standard InChI is InChI=1S/C20H33N3O2/c1-13-17(22-19(25)21-13)5-3-2-4-6-18(24)23-20-10-14-7-15(11-20)9-16(8-14)12-20/h13-17H,2-12H2,1H3,(H,23,24)(H2,21,22,25). The third kappa shape index (κ3) is 3.80. The maximum Gasteiger partial charge on any atom is 0.315 e. The molecule has 0 aromatic heterocycles. The topological polar surface area (TPSA) is 70.2 Å². The van der Waals surface area contributed by atoms with Gasteiger partial charge in [0.2, 0.25) is 5.91 Å². The monoisotopic (exact) mass is 347 g/mol. The number of urea groups is 1. The Labute approximate surface area is 151 Å². The minimum atomic E-state index is -0.0487. The Balaban J connectivity index is 1.15. The molecule has 3 N–H and O–H groups in total. The van der Waals surface area contributed by atoms with E-state index in [-0.39, 0.29) is 29.6 Å². The van der Waals surface area contributed by atoms with Gasteiger partial charge in [-0.15, -0.1) is 0 Å². The Morgan fingerprint density at radius 3 is 2.24 bits per heavy atom. The number of carbonyl (C=O) groups excluding carboxylic acids is 2. The fourth-order valence-electron chi connectivity index (χ4n) is 6.41. The second-order valence-corrected chi connectivity index (χ2v) is 9.36. The Morgan fingerprint density at radius 1 is 1.04 bits per heavy atom. The minimum absolute atomic E-state index is 0.0487. The second kappa shape index (κ2) is 6.81. The molecule has 0 spiro atoms. The molecule has 4 aliphatic carbocycles. The molecule has 0 aromatic carbocycles. The number of nitrogens with one attached hydrogen (secondary N) is 3. The molecule has 1 saturated heterocycles. The highest BCUT2D eigenvalue weighted by molar-refractivity contribution is 5.77. The molecule has 5 aliphatic rings. The van der Waals surface area contributed by atoms with E-state index < -0.39 is 0 Å². The lowest BCUT2D eigenvalue weighted by molar-refractivity contribution is -0.127. The van der Waals surface area contributed by atoms with Crippen LogP contribution in [0.3, 0.4) is 0 Å². The van der Waals surface area contributed by atoms with Crippen molar-refractivity contribution in [1.29, 1.82) is 0 Å². The van der Waals surface area contributed by atoms with Crippen molar-refractivity contribution in [3.05, 3.63) is 0 Å². The van der Waals surface area contributed by atoms with Gasteiger partial charge in [0.05, 0.1) is 6.04 Å². The van der Waals surface area contributed by atoms with Gasteiger partial charge in [0.1, 0.15) is 0 Å². The number of rotatable bonds is 7. The lowest BCUT2D eigenvalue weighted by Crippen LogP contribution is -2.59. The molecule has 4 bridgehead atoms. The molecule has 0 radical (unpaired) electrons. The molecule has 0 aromatic rings. The summed E-state index contributed by atoms with van der Waals surface area (Å²) in [5, 5.41) is 9.31. The molecule has 5 rings (SSSR count). The van der Waals surface area contributed by atoms with Gasteiger partial charge in [0.15, 0.2) is 0 Å². The fraction of sp³-hybridized carbons (Fsp3) is 0.900. The van der Waals surface area contributed by atoms with Gasteiger partial charge in [-0.05, 0) is 76.0 Å². The lowest BCUT2D eigenvalue weighted by atomic mass is 9.53. The van der Waals surface area contributed by atoms with Gasteiger partial charge in [-0.3, -0.25) is 4.79 Å². The molecule has 2 atom stereocenters. The molecule has 5 nitrogen and oxygen atoms in total. The summed E-state index contributed by atoms with van der Waals surface area (Å²) < 4.78 is 0. The molecule has 4 saturated carbocycles. The quantitative estimate of drug-likeness (QED) is 0.619. The first kappa shape index (κ1) is 17.2. The van der Waals surface area contributed by atoms with Gasteiger partial charge >= 0.3 is 6.03 Å². The van der Waals surface area contributed by atoms with E-state index in [4.69, 9.17) is 0 Å². The van der Waals surface area contributed by atoms with E-state index in [2.05, 4.69) is 16.0 Å². The highest BCUT2D eigenvalue weighted by Gasteiger charge is 2.51. The summed E-state index contributed by atoms with van der Waals surface area (Å²) in [6, 6.07) is 0.410. The molecule has 140 valence electrons. The van der Waals surface area contributed by atoms with Crippen LogP contribution in [0.5, 0.6) is 0 Å². The van der Waals surface area contributed by atoms with Crippen molar-refractivity contribution < 1.29 is 9.59 Å². The fourth-order valence-corrected chi connectivity index (χ4v) is 6.41. The molecule has 1 heterocycles. The van der Waals surface area contributed by atoms with E-state index in [1.807, 2.05) is 6.92 Å². The lowest BCUT2D eigenvalue weighted by Gasteiger charge is -2.56. The van der Waals surface area contributed by atoms with Gasteiger partial charge in [0.25, 0.3) is 0 Å². The van der Waals surface area contributed by atoms with Crippen LogP contribution in [0, 0.1) is 17.8 Å². The van der Waals surface area contributed by atoms with Crippen molar-refractivity contribution in [2.45, 2.75) is 95.2 Å². The van der Waals surface area contributed by atoms with E-state index in [9.17, 15) is 9.59 Å². The van der Waals surface area contributed by atoms with E-state index in [1.54, 1.807) is 0 Å². The molecule has 3 amide bonds. The summed E-state index contributed by atoms with van der Waals surface area (Å²) in [6.45, 7) is 2.04. The first-order valence-corrected chi connectivity index (χ1v) is 10.4. The van der Waals surface area contributed by atoms with Crippen LogP contribution in [0.2, 0.25) is 0 Å². The van der Waals surface area contributed by atoms with Crippen LogP contribution in [-0.2, 0) is 4.79 Å². The molecule has 5 fully saturated rings. The zero-order valence-corrected chi connectivity index (χ0v) is 15.5. The van der Waals surface area contributed by atoms with Crippen molar-refractivity contribution in [2.75, 3.05) is 0 Å². The van der Waals surface area contributed by atoms with E-state index in [0.717, 1.165) is 43.4 Å². The number of unbranched alkanes of at least 4 members (excludes halogenated alkanes) is 2. The molecule has 25 heavy (non-hydrogen) atoms. The predicted molar refractivity (Wildman–Crippen MR) is 97.0 cm³/mol. The van der Waals surface area contributed by atoms with E-state index in [1.165, 1.54) is 38.5 Å². The maximum atomic E-state index is 12.5. The van der Waals surface area contributed by atoms with Crippen molar-refractivity contribution in [3.63, 3.8) is 0 Å². The largest absolute Gasteiger partial charge is 0.351 e. The summed E-state index contributed by atoms with van der Waals surface area (Å²) >= 11 is 0. The van der Waals surface area contributed by atoms with Crippen LogP contribution in [-0.4, -0.2) is 29.6 Å². The number of hydrogen-bond donors (Lipinski definition) is 3. The average molecular weight is 348 g/mol. The van der Waals surface area contributed by atoms with Crippen molar-refractivity contribution in [2.24, 2.45) is 17.8 Å². The second-order valence-electron chi connectivity index (χ2n) is 9.36. The van der Waals surface area contributed by atoms with Gasteiger partial charge in [-0.25, -0.2) is 4.79 Å². The van der Waals surface area contributed by atoms with Gasteiger partial charge in [-0.2, -0.15) is 0 Å². The van der Waals surface area contributed by atoms with Gasteiger partial charge in [0, 0.05) is 18.0 Å². The van der Waals surface area contributed by atoms with Crippen LogP contribution in [0.25, 0.3) is 0 Å².